The van der Waals surface area contributed by atoms with E-state index in [9.17, 15) is 22.8 Å². The van der Waals surface area contributed by atoms with Gasteiger partial charge in [0.05, 0.1) is 5.54 Å². The van der Waals surface area contributed by atoms with Crippen LogP contribution in [0.25, 0.3) is 0 Å². The van der Waals surface area contributed by atoms with Crippen molar-refractivity contribution in [3.63, 3.8) is 0 Å². The molecule has 0 aliphatic carbocycles. The average Bonchev–Trinajstić information content (AvgIpc) is 2.92. The molecule has 2 amide bonds. The maximum Gasteiger partial charge on any atom is 0.490 e. The molecule has 2 aromatic carbocycles. The van der Waals surface area contributed by atoms with E-state index in [0.717, 1.165) is 37.4 Å². The minimum Gasteiger partial charge on any atom is -0.475 e. The van der Waals surface area contributed by atoms with Crippen LogP contribution >= 0.6 is 11.6 Å². The van der Waals surface area contributed by atoms with Crippen LogP contribution in [0.5, 0.6) is 0 Å². The normalized spacial score (nSPS) is 18.7. The van der Waals surface area contributed by atoms with Crippen molar-refractivity contribution in [3.05, 3.63) is 70.2 Å². The Morgan fingerprint density at radius 1 is 0.951 bits per heavy atom. The third kappa shape index (κ3) is 9.19. The van der Waals surface area contributed by atoms with E-state index in [0.29, 0.717) is 22.2 Å². The summed E-state index contributed by atoms with van der Waals surface area (Å²) in [5.41, 5.74) is 1.52. The van der Waals surface area contributed by atoms with E-state index < -0.39 is 17.7 Å². The van der Waals surface area contributed by atoms with Crippen molar-refractivity contribution >= 4 is 29.4 Å². The van der Waals surface area contributed by atoms with E-state index in [1.54, 1.807) is 24.3 Å². The lowest BCUT2D eigenvalue weighted by atomic mass is 9.93. The summed E-state index contributed by atoms with van der Waals surface area (Å²) in [6, 6.07) is 15.1. The molecule has 2 aliphatic rings. The number of aliphatic carboxylic acids is 1. The molecule has 0 spiro atoms. The van der Waals surface area contributed by atoms with E-state index in [2.05, 4.69) is 17.1 Å². The fourth-order valence-electron chi connectivity index (χ4n) is 5.24. The van der Waals surface area contributed by atoms with Crippen LogP contribution in [-0.2, 0) is 10.3 Å². The standard InChI is InChI=1S/C28H36ClN3O2.C2HF3O2/c1-20-6-5-15-32(19-20)25-13-16-31(17-14-25)27(34)22-11-9-21(10-12-22)26(33)30-28(2,3)23-7-4-8-24(29)18-23;3-2(4,5)1(6)7/h4,7-12,18,20,25H,5-6,13-17,19H2,1-3H3,(H,30,33);(H,6,7). The first-order valence-corrected chi connectivity index (χ1v) is 14.1. The number of carbonyl (C=O) groups is 3. The minimum absolute atomic E-state index is 0.0525. The lowest BCUT2D eigenvalue weighted by Crippen LogP contribution is -2.49. The Labute approximate surface area is 243 Å². The van der Waals surface area contributed by atoms with Crippen LogP contribution in [0.15, 0.2) is 48.5 Å². The molecule has 4 rings (SSSR count). The molecule has 0 bridgehead atoms. The maximum atomic E-state index is 13.1. The summed E-state index contributed by atoms with van der Waals surface area (Å²) in [7, 11) is 0. The summed E-state index contributed by atoms with van der Waals surface area (Å²) in [4.78, 5) is 39.4. The Bertz CT molecular complexity index is 1210. The molecular formula is C30H37ClF3N3O4. The number of amides is 2. The van der Waals surface area contributed by atoms with Gasteiger partial charge in [-0.05, 0) is 94.0 Å². The number of hydrogen-bond donors (Lipinski definition) is 2. The van der Waals surface area contributed by atoms with Gasteiger partial charge in [-0.15, -0.1) is 0 Å². The fourth-order valence-corrected chi connectivity index (χ4v) is 5.43. The number of nitrogens with zero attached hydrogens (tertiary/aromatic N) is 2. The molecule has 0 saturated carbocycles. The quantitative estimate of drug-likeness (QED) is 0.444. The van der Waals surface area contributed by atoms with Crippen molar-refractivity contribution in [2.45, 2.75) is 64.2 Å². The van der Waals surface area contributed by atoms with Gasteiger partial charge >= 0.3 is 12.1 Å². The molecule has 0 aromatic heterocycles. The molecular weight excluding hydrogens is 559 g/mol. The number of piperidine rings is 2. The van der Waals surface area contributed by atoms with Crippen LogP contribution in [0, 0.1) is 5.92 Å². The van der Waals surface area contributed by atoms with Crippen LogP contribution in [0.4, 0.5) is 13.2 Å². The molecule has 2 N–H and O–H groups in total. The van der Waals surface area contributed by atoms with E-state index in [1.165, 1.54) is 25.9 Å². The molecule has 11 heteroatoms. The molecule has 1 atom stereocenters. The lowest BCUT2D eigenvalue weighted by Gasteiger charge is -2.41. The van der Waals surface area contributed by atoms with Crippen LogP contribution in [0.2, 0.25) is 5.02 Å². The summed E-state index contributed by atoms with van der Waals surface area (Å²) in [5.74, 6) is -2.11. The Hall–Kier alpha value is -3.11. The van der Waals surface area contributed by atoms with Gasteiger partial charge in [0, 0.05) is 41.8 Å². The number of halogens is 4. The first kappa shape index (κ1) is 32.4. The van der Waals surface area contributed by atoms with Crippen molar-refractivity contribution in [3.8, 4) is 0 Å². The number of rotatable bonds is 5. The summed E-state index contributed by atoms with van der Waals surface area (Å²) in [6.07, 6.45) is -0.383. The van der Waals surface area contributed by atoms with E-state index in [1.807, 2.05) is 43.0 Å². The lowest BCUT2D eigenvalue weighted by molar-refractivity contribution is -0.192. The predicted octanol–water partition coefficient (Wildman–Crippen LogP) is 5.97. The zero-order chi connectivity index (χ0) is 30.4. The number of nitrogens with one attached hydrogen (secondary N) is 1. The topological polar surface area (TPSA) is 90.0 Å². The van der Waals surface area contributed by atoms with E-state index >= 15 is 0 Å². The Morgan fingerprint density at radius 2 is 1.54 bits per heavy atom. The van der Waals surface area contributed by atoms with Gasteiger partial charge in [0.25, 0.3) is 11.8 Å². The first-order valence-electron chi connectivity index (χ1n) is 13.7. The number of carboxylic acid groups (broad SMARTS) is 1. The highest BCUT2D eigenvalue weighted by Gasteiger charge is 2.38. The third-order valence-corrected chi connectivity index (χ3v) is 7.80. The largest absolute Gasteiger partial charge is 0.490 e. The Morgan fingerprint density at radius 3 is 2.07 bits per heavy atom. The first-order chi connectivity index (χ1) is 19.2. The van der Waals surface area contributed by atoms with Gasteiger partial charge < -0.3 is 15.3 Å². The maximum absolute atomic E-state index is 13.1. The number of carbonyl (C=O) groups excluding carboxylic acids is 2. The van der Waals surface area contributed by atoms with E-state index in [4.69, 9.17) is 21.5 Å². The highest BCUT2D eigenvalue weighted by molar-refractivity contribution is 6.30. The molecule has 2 saturated heterocycles. The molecule has 1 unspecified atom stereocenters. The van der Waals surface area contributed by atoms with Crippen LogP contribution in [0.1, 0.15) is 72.7 Å². The van der Waals surface area contributed by atoms with Crippen molar-refractivity contribution in [1.29, 1.82) is 0 Å². The highest BCUT2D eigenvalue weighted by Crippen LogP contribution is 2.25. The zero-order valence-electron chi connectivity index (χ0n) is 23.5. The molecule has 2 aliphatic heterocycles. The fraction of sp³-hybridized carbons (Fsp3) is 0.500. The van der Waals surface area contributed by atoms with Gasteiger partial charge in [0.1, 0.15) is 0 Å². The number of likely N-dealkylation sites (tertiary alicyclic amines) is 2. The van der Waals surface area contributed by atoms with E-state index in [-0.39, 0.29) is 11.8 Å². The van der Waals surface area contributed by atoms with Crippen LogP contribution in [0.3, 0.4) is 0 Å². The summed E-state index contributed by atoms with van der Waals surface area (Å²) in [5, 5.41) is 10.8. The Balaban J connectivity index is 0.000000587. The van der Waals surface area contributed by atoms with Crippen LogP contribution in [-0.4, -0.2) is 71.1 Å². The number of hydrogen-bond acceptors (Lipinski definition) is 4. The number of carboxylic acids is 1. The van der Waals surface area contributed by atoms with Gasteiger partial charge in [0.15, 0.2) is 0 Å². The smallest absolute Gasteiger partial charge is 0.475 e. The summed E-state index contributed by atoms with van der Waals surface area (Å²) < 4.78 is 31.7. The average molecular weight is 596 g/mol. The minimum atomic E-state index is -5.08. The second-order valence-electron chi connectivity index (χ2n) is 11.2. The van der Waals surface area contributed by atoms with Crippen molar-refractivity contribution < 1.29 is 32.7 Å². The van der Waals surface area contributed by atoms with Gasteiger partial charge in [-0.1, -0.05) is 30.7 Å². The van der Waals surface area contributed by atoms with Crippen molar-refractivity contribution in [1.82, 2.24) is 15.1 Å². The second kappa shape index (κ2) is 13.7. The molecule has 2 aromatic rings. The molecule has 0 radical (unpaired) electrons. The van der Waals surface area contributed by atoms with Crippen molar-refractivity contribution in [2.75, 3.05) is 26.2 Å². The van der Waals surface area contributed by atoms with Crippen LogP contribution < -0.4 is 5.32 Å². The summed E-state index contributed by atoms with van der Waals surface area (Å²) >= 11 is 6.12. The Kier molecular flexibility index (Phi) is 10.8. The molecule has 41 heavy (non-hydrogen) atoms. The monoisotopic (exact) mass is 595 g/mol. The van der Waals surface area contributed by atoms with Crippen molar-refractivity contribution in [2.24, 2.45) is 5.92 Å². The molecule has 2 heterocycles. The highest BCUT2D eigenvalue weighted by atomic mass is 35.5. The molecule has 7 nitrogen and oxygen atoms in total. The van der Waals surface area contributed by atoms with Gasteiger partial charge in [-0.2, -0.15) is 13.2 Å². The predicted molar refractivity (Wildman–Crippen MR) is 151 cm³/mol. The second-order valence-corrected chi connectivity index (χ2v) is 11.7. The molecule has 224 valence electrons. The SMILES string of the molecule is CC1CCCN(C2CCN(C(=O)c3ccc(C(=O)NC(C)(C)c4cccc(Cl)c4)cc3)CC2)C1.O=C(O)C(F)(F)F. The van der Waals surface area contributed by atoms with Gasteiger partial charge in [-0.25, -0.2) is 4.79 Å². The third-order valence-electron chi connectivity index (χ3n) is 7.57. The number of benzene rings is 2. The van der Waals surface area contributed by atoms with Gasteiger partial charge in [0.2, 0.25) is 0 Å². The number of alkyl halides is 3. The zero-order valence-corrected chi connectivity index (χ0v) is 24.3. The molecule has 2 fully saturated rings. The van der Waals surface area contributed by atoms with Gasteiger partial charge in [-0.3, -0.25) is 14.5 Å². The summed E-state index contributed by atoms with van der Waals surface area (Å²) in [6.45, 7) is 10.2.